The zero-order chi connectivity index (χ0) is 31.0. The summed E-state index contributed by atoms with van der Waals surface area (Å²) in [7, 11) is 0. The van der Waals surface area contributed by atoms with Crippen LogP contribution in [0.4, 0.5) is 23.4 Å². The Balaban J connectivity index is 1.32. The van der Waals surface area contributed by atoms with Gasteiger partial charge in [-0.1, -0.05) is 13.0 Å². The quantitative estimate of drug-likeness (QED) is 0.302. The van der Waals surface area contributed by atoms with Crippen molar-refractivity contribution in [3.05, 3.63) is 41.7 Å². The van der Waals surface area contributed by atoms with Crippen LogP contribution in [0.3, 0.4) is 0 Å². The van der Waals surface area contributed by atoms with Crippen molar-refractivity contribution in [2.75, 3.05) is 44.3 Å². The summed E-state index contributed by atoms with van der Waals surface area (Å²) in [6.45, 7) is 4.71. The van der Waals surface area contributed by atoms with Gasteiger partial charge in [-0.05, 0) is 49.4 Å². The lowest BCUT2D eigenvalue weighted by Gasteiger charge is -2.39. The Hall–Kier alpha value is -3.97. The van der Waals surface area contributed by atoms with E-state index in [0.29, 0.717) is 31.9 Å². The van der Waals surface area contributed by atoms with Gasteiger partial charge in [0.25, 0.3) is 0 Å². The smallest absolute Gasteiger partial charge is 0.319 e. The van der Waals surface area contributed by atoms with Crippen LogP contribution in [0.2, 0.25) is 0 Å². The molecule has 236 valence electrons. The van der Waals surface area contributed by atoms with Crippen molar-refractivity contribution in [3.8, 4) is 28.9 Å². The fraction of sp³-hybridized carbons (Fsp3) is 0.469. The van der Waals surface area contributed by atoms with Crippen molar-refractivity contribution in [1.82, 2.24) is 25.2 Å². The van der Waals surface area contributed by atoms with Gasteiger partial charge in [0.2, 0.25) is 5.88 Å². The molecule has 6 heterocycles. The van der Waals surface area contributed by atoms with E-state index in [1.165, 1.54) is 12.1 Å². The number of phenolic OH excluding ortho intramolecular Hbond substituents is 1. The number of rotatable bonds is 5. The van der Waals surface area contributed by atoms with Crippen LogP contribution in [0.15, 0.2) is 24.3 Å². The number of nitrogens with zero attached hydrogens (tertiary/aromatic N) is 5. The maximum atomic E-state index is 16.8. The number of hydrogen-bond acceptors (Lipinski definition) is 9. The molecule has 0 amide bonds. The van der Waals surface area contributed by atoms with Gasteiger partial charge >= 0.3 is 6.01 Å². The van der Waals surface area contributed by atoms with Gasteiger partial charge in [0.05, 0.1) is 11.6 Å². The molecule has 0 saturated carbocycles. The highest BCUT2D eigenvalue weighted by Gasteiger charge is 2.49. The first kappa shape index (κ1) is 28.5. The molecule has 4 aliphatic rings. The number of benzene rings is 2. The van der Waals surface area contributed by atoms with Crippen LogP contribution in [-0.4, -0.2) is 88.1 Å². The van der Waals surface area contributed by atoms with Crippen LogP contribution in [0, 0.1) is 17.5 Å². The van der Waals surface area contributed by atoms with E-state index in [0.717, 1.165) is 37.9 Å². The number of alkyl halides is 1. The van der Waals surface area contributed by atoms with Crippen molar-refractivity contribution in [2.24, 2.45) is 0 Å². The van der Waals surface area contributed by atoms with E-state index >= 15 is 8.78 Å². The first-order valence-corrected chi connectivity index (χ1v) is 15.4. The summed E-state index contributed by atoms with van der Waals surface area (Å²) in [6.07, 6.45) is 1.96. The molecule has 3 fully saturated rings. The number of aromatic nitrogens is 3. The third kappa shape index (κ3) is 4.53. The molecule has 1 unspecified atom stereocenters. The SMILES string of the molecule is CCC1CN2c3nc(OC[C@@]45CCCN4C[C@@H](F)C5)nc4c(F)c(-c5cc(O)cc6ccc(F)c(F)c56)nc(c34)OC[C@H]2CN1. The van der Waals surface area contributed by atoms with Gasteiger partial charge in [0.15, 0.2) is 17.5 Å². The number of halogens is 4. The fourth-order valence-electron chi connectivity index (χ4n) is 7.59. The van der Waals surface area contributed by atoms with Crippen LogP contribution in [0.5, 0.6) is 17.6 Å². The molecule has 2 aromatic heterocycles. The van der Waals surface area contributed by atoms with Crippen LogP contribution in [0.1, 0.15) is 32.6 Å². The number of piperazine rings is 1. The number of ether oxygens (including phenoxy) is 2. The third-order valence-corrected chi connectivity index (χ3v) is 9.87. The summed E-state index contributed by atoms with van der Waals surface area (Å²) in [5, 5.41) is 14.2. The van der Waals surface area contributed by atoms with Gasteiger partial charge in [0.1, 0.15) is 47.5 Å². The molecule has 2 aromatic carbocycles. The van der Waals surface area contributed by atoms with E-state index in [2.05, 4.69) is 32.0 Å². The Kier molecular flexibility index (Phi) is 6.68. The first-order chi connectivity index (χ1) is 21.7. The Morgan fingerprint density at radius 2 is 1.98 bits per heavy atom. The molecule has 0 spiro atoms. The molecule has 4 atom stereocenters. The number of pyridine rings is 1. The normalized spacial score (nSPS) is 26.2. The number of anilines is 1. The minimum absolute atomic E-state index is 0.0373. The van der Waals surface area contributed by atoms with Crippen molar-refractivity contribution in [1.29, 1.82) is 0 Å². The second-order valence-electron chi connectivity index (χ2n) is 12.6. The van der Waals surface area contributed by atoms with Crippen molar-refractivity contribution < 1.29 is 32.1 Å². The Morgan fingerprint density at radius 1 is 1.11 bits per heavy atom. The lowest BCUT2D eigenvalue weighted by molar-refractivity contribution is 0.107. The van der Waals surface area contributed by atoms with Gasteiger partial charge in [0, 0.05) is 43.0 Å². The number of aromatic hydroxyl groups is 1. The summed E-state index contributed by atoms with van der Waals surface area (Å²) in [4.78, 5) is 18.0. The van der Waals surface area contributed by atoms with Crippen LogP contribution >= 0.6 is 0 Å². The molecule has 4 aliphatic heterocycles. The monoisotopic (exact) mass is 624 g/mol. The standard InChI is InChI=1S/C32H32F4N6O3/c1-2-18-13-42-19(11-37-18)14-44-30-24-28(39-31(40-29(24)42)45-15-32-6-3-7-41(32)12-17(33)10-32)26(36)27(38-30)21-9-20(43)8-16-4-5-22(34)25(35)23(16)21/h4-5,8-9,17-19,37,43H,2-3,6-7,10-15H2,1H3/t17-,18?,19+,32-/m0/s1. The summed E-state index contributed by atoms with van der Waals surface area (Å²) in [6, 6.07) is 4.57. The van der Waals surface area contributed by atoms with E-state index in [1.807, 2.05) is 0 Å². The highest BCUT2D eigenvalue weighted by molar-refractivity contribution is 6.02. The lowest BCUT2D eigenvalue weighted by atomic mass is 9.95. The van der Waals surface area contributed by atoms with Gasteiger partial charge in [-0.3, -0.25) is 4.90 Å². The second kappa shape index (κ2) is 10.5. The van der Waals surface area contributed by atoms with E-state index in [9.17, 15) is 13.9 Å². The topological polar surface area (TPSA) is 95.9 Å². The zero-order valence-electron chi connectivity index (χ0n) is 24.6. The number of phenols is 1. The second-order valence-corrected chi connectivity index (χ2v) is 12.6. The number of nitrogens with one attached hydrogen (secondary N) is 1. The molecular weight excluding hydrogens is 592 g/mol. The largest absolute Gasteiger partial charge is 0.508 e. The Morgan fingerprint density at radius 3 is 2.82 bits per heavy atom. The van der Waals surface area contributed by atoms with Crippen molar-refractivity contribution in [3.63, 3.8) is 0 Å². The van der Waals surface area contributed by atoms with Crippen molar-refractivity contribution in [2.45, 2.75) is 56.4 Å². The maximum Gasteiger partial charge on any atom is 0.319 e. The molecule has 0 radical (unpaired) electrons. The molecule has 9 nitrogen and oxygen atoms in total. The fourth-order valence-corrected chi connectivity index (χ4v) is 7.59. The Bertz CT molecular complexity index is 1850. The summed E-state index contributed by atoms with van der Waals surface area (Å²) < 4.78 is 73.3. The highest BCUT2D eigenvalue weighted by Crippen LogP contribution is 2.44. The van der Waals surface area contributed by atoms with Gasteiger partial charge in [-0.25, -0.2) is 22.5 Å². The minimum atomic E-state index is -1.19. The molecule has 0 bridgehead atoms. The van der Waals surface area contributed by atoms with Gasteiger partial charge in [-0.15, -0.1) is 0 Å². The van der Waals surface area contributed by atoms with Gasteiger partial charge in [-0.2, -0.15) is 9.97 Å². The number of hydrogen-bond donors (Lipinski definition) is 2. The van der Waals surface area contributed by atoms with Crippen molar-refractivity contribution >= 4 is 27.5 Å². The predicted octanol–water partition coefficient (Wildman–Crippen LogP) is 4.87. The van der Waals surface area contributed by atoms with E-state index in [-0.39, 0.29) is 75.9 Å². The number of fused-ring (bicyclic) bond motifs is 4. The van der Waals surface area contributed by atoms with E-state index in [4.69, 9.17) is 14.5 Å². The van der Waals surface area contributed by atoms with E-state index in [1.54, 1.807) is 0 Å². The molecule has 8 rings (SSSR count). The molecule has 3 saturated heterocycles. The van der Waals surface area contributed by atoms with Crippen LogP contribution in [0.25, 0.3) is 32.9 Å². The summed E-state index contributed by atoms with van der Waals surface area (Å²) >= 11 is 0. The zero-order valence-corrected chi connectivity index (χ0v) is 24.6. The minimum Gasteiger partial charge on any atom is -0.508 e. The predicted molar refractivity (Wildman–Crippen MR) is 159 cm³/mol. The van der Waals surface area contributed by atoms with Gasteiger partial charge < -0.3 is 24.8 Å². The average molecular weight is 625 g/mol. The molecule has 13 heteroatoms. The first-order valence-electron chi connectivity index (χ1n) is 15.4. The molecule has 4 aromatic rings. The molecule has 45 heavy (non-hydrogen) atoms. The summed E-state index contributed by atoms with van der Waals surface area (Å²) in [5.74, 6) is -3.08. The maximum absolute atomic E-state index is 16.8. The van der Waals surface area contributed by atoms with Crippen LogP contribution < -0.4 is 19.7 Å². The lowest BCUT2D eigenvalue weighted by Crippen LogP contribution is -2.58. The third-order valence-electron chi connectivity index (χ3n) is 9.87. The Labute approximate surface area is 256 Å². The van der Waals surface area contributed by atoms with E-state index < -0.39 is 29.2 Å². The summed E-state index contributed by atoms with van der Waals surface area (Å²) in [5.41, 5.74) is -1.15. The van der Waals surface area contributed by atoms with Crippen LogP contribution in [-0.2, 0) is 0 Å². The molecule has 0 aliphatic carbocycles. The molecular formula is C32H32F4N6O3. The highest BCUT2D eigenvalue weighted by atomic mass is 19.2. The average Bonchev–Trinajstić information content (AvgIpc) is 3.51. The molecule has 2 N–H and O–H groups in total.